The number of benzene rings is 4. The van der Waals surface area contributed by atoms with Gasteiger partial charge < -0.3 is 20.1 Å². The van der Waals surface area contributed by atoms with Crippen molar-refractivity contribution in [2.75, 3.05) is 30.9 Å². The number of carbonyl (C=O) groups is 3. The Hall–Kier alpha value is -6.04. The molecule has 46 heavy (non-hydrogen) atoms. The number of rotatable bonds is 10. The molecule has 4 aromatic rings. The smallest absolute Gasteiger partial charge is 0.274 e. The van der Waals surface area contributed by atoms with Gasteiger partial charge in [0.1, 0.15) is 0 Å². The van der Waals surface area contributed by atoms with E-state index in [0.29, 0.717) is 53.6 Å². The quantitative estimate of drug-likeness (QED) is 0.159. The molecular formula is C34H31N5O7. The van der Waals surface area contributed by atoms with Crippen LogP contribution in [0.25, 0.3) is 0 Å². The van der Waals surface area contributed by atoms with E-state index < -0.39 is 16.7 Å². The molecule has 0 saturated carbocycles. The molecule has 0 spiro atoms. The molecule has 0 fully saturated rings. The maximum atomic E-state index is 13.4. The van der Waals surface area contributed by atoms with Gasteiger partial charge in [-0.3, -0.25) is 24.5 Å². The van der Waals surface area contributed by atoms with E-state index in [1.54, 1.807) is 43.5 Å². The van der Waals surface area contributed by atoms with E-state index in [0.717, 1.165) is 17.7 Å². The largest absolute Gasteiger partial charge is 0.493 e. The zero-order chi connectivity index (χ0) is 32.6. The molecule has 234 valence electrons. The van der Waals surface area contributed by atoms with Crippen LogP contribution in [0, 0.1) is 10.1 Å². The Labute approximate surface area is 264 Å². The van der Waals surface area contributed by atoms with Crippen molar-refractivity contribution in [2.24, 2.45) is 5.10 Å². The summed E-state index contributed by atoms with van der Waals surface area (Å²) in [5, 5.41) is 22.5. The second-order valence-electron chi connectivity index (χ2n) is 10.3. The predicted octanol–water partition coefficient (Wildman–Crippen LogP) is 6.15. The molecule has 4 aromatic carbocycles. The van der Waals surface area contributed by atoms with Crippen LogP contribution in [0.3, 0.4) is 0 Å². The Bertz CT molecular complexity index is 1820. The van der Waals surface area contributed by atoms with Crippen molar-refractivity contribution in [2.45, 2.75) is 19.8 Å². The van der Waals surface area contributed by atoms with Gasteiger partial charge in [-0.1, -0.05) is 12.1 Å². The van der Waals surface area contributed by atoms with Crippen molar-refractivity contribution >= 4 is 40.5 Å². The summed E-state index contributed by atoms with van der Waals surface area (Å²) in [5.41, 5.74) is 3.07. The van der Waals surface area contributed by atoms with Crippen molar-refractivity contribution in [3.05, 3.63) is 123 Å². The van der Waals surface area contributed by atoms with E-state index >= 15 is 0 Å². The van der Waals surface area contributed by atoms with Crippen LogP contribution in [0.4, 0.5) is 17.1 Å². The second kappa shape index (κ2) is 14.2. The molecule has 12 heteroatoms. The lowest BCUT2D eigenvalue weighted by atomic mass is 10.0. The maximum Gasteiger partial charge on any atom is 0.274 e. The normalized spacial score (nSPS) is 12.5. The molecule has 1 aliphatic rings. The molecule has 1 aliphatic heterocycles. The van der Waals surface area contributed by atoms with Crippen molar-refractivity contribution in [1.29, 1.82) is 0 Å². The molecule has 0 radical (unpaired) electrons. The number of anilines is 2. The number of hydrogen-bond acceptors (Lipinski definition) is 8. The zero-order valence-corrected chi connectivity index (χ0v) is 25.2. The number of non-ortho nitro benzene ring substituents is 1. The average molecular weight is 622 g/mol. The summed E-state index contributed by atoms with van der Waals surface area (Å²) < 4.78 is 11.1. The van der Waals surface area contributed by atoms with Crippen molar-refractivity contribution in [3.8, 4) is 11.5 Å². The number of nitrogens with one attached hydrogen (secondary N) is 2. The summed E-state index contributed by atoms with van der Waals surface area (Å²) in [6.45, 7) is 2.83. The van der Waals surface area contributed by atoms with Crippen molar-refractivity contribution in [3.63, 3.8) is 0 Å². The van der Waals surface area contributed by atoms with Crippen LogP contribution in [0.5, 0.6) is 11.5 Å². The fourth-order valence-corrected chi connectivity index (χ4v) is 4.87. The zero-order valence-electron chi connectivity index (χ0n) is 25.2. The Morgan fingerprint density at radius 2 is 1.57 bits per heavy atom. The molecule has 0 saturated heterocycles. The first kappa shape index (κ1) is 31.4. The van der Waals surface area contributed by atoms with Crippen LogP contribution in [0.2, 0.25) is 0 Å². The van der Waals surface area contributed by atoms with Crippen LogP contribution in [-0.4, -0.2) is 53.6 Å². The highest BCUT2D eigenvalue weighted by Crippen LogP contribution is 2.30. The molecule has 0 aliphatic carbocycles. The van der Waals surface area contributed by atoms with E-state index in [9.17, 15) is 24.5 Å². The summed E-state index contributed by atoms with van der Waals surface area (Å²) in [4.78, 5) is 49.4. The molecule has 5 rings (SSSR count). The Morgan fingerprint density at radius 3 is 2.30 bits per heavy atom. The fraction of sp³-hybridized carbons (Fsp3) is 0.176. The van der Waals surface area contributed by atoms with Gasteiger partial charge in [-0.25, -0.2) is 5.01 Å². The van der Waals surface area contributed by atoms with Gasteiger partial charge in [0.05, 0.1) is 24.4 Å². The SMILES string of the molecule is CCOc1cc(C2=NN(C(=O)c3cccc(NC(=O)c4ccc(NC(=O)c5cccc([N+](=O)[O-])c5)cc4)c3)CCC2)ccc1OC. The monoisotopic (exact) mass is 621 g/mol. The van der Waals surface area contributed by atoms with Gasteiger partial charge in [-0.15, -0.1) is 0 Å². The van der Waals surface area contributed by atoms with Crippen LogP contribution < -0.4 is 20.1 Å². The average Bonchev–Trinajstić information content (AvgIpc) is 3.08. The molecule has 2 N–H and O–H groups in total. The van der Waals surface area contributed by atoms with E-state index in [1.165, 1.54) is 41.4 Å². The number of carbonyl (C=O) groups excluding carboxylic acids is 3. The number of methoxy groups -OCH3 is 1. The van der Waals surface area contributed by atoms with Crippen LogP contribution in [0.1, 0.15) is 56.4 Å². The lowest BCUT2D eigenvalue weighted by molar-refractivity contribution is -0.384. The number of nitrogens with zero attached hydrogens (tertiary/aromatic N) is 3. The number of nitro groups is 1. The molecule has 0 bridgehead atoms. The third-order valence-electron chi connectivity index (χ3n) is 7.15. The summed E-state index contributed by atoms with van der Waals surface area (Å²) in [5.74, 6) is -0.00172. The van der Waals surface area contributed by atoms with Crippen LogP contribution in [0.15, 0.2) is 96.1 Å². The minimum Gasteiger partial charge on any atom is -0.493 e. The number of ether oxygens (including phenoxy) is 2. The first-order valence-electron chi connectivity index (χ1n) is 14.5. The number of nitro benzene ring substituents is 1. The van der Waals surface area contributed by atoms with Gasteiger partial charge in [0, 0.05) is 52.3 Å². The molecule has 0 aromatic heterocycles. The highest BCUT2D eigenvalue weighted by Gasteiger charge is 2.22. The summed E-state index contributed by atoms with van der Waals surface area (Å²) >= 11 is 0. The fourth-order valence-electron chi connectivity index (χ4n) is 4.87. The summed E-state index contributed by atoms with van der Waals surface area (Å²) in [6, 6.07) is 23.8. The Kier molecular flexibility index (Phi) is 9.66. The Morgan fingerprint density at radius 1 is 0.848 bits per heavy atom. The standard InChI is InChI=1S/C34H31N5O7/c1-3-46-31-21-23(14-17-30(31)45-2)29-11-6-18-38(37-29)34(42)25-8-4-9-27(19-25)36-32(40)22-12-15-26(16-13-22)35-33(41)24-7-5-10-28(20-24)39(43)44/h4-5,7-10,12-17,19-21H,3,6,11,18H2,1-2H3,(H,35,41)(H,36,40). The first-order chi connectivity index (χ1) is 22.2. The van der Waals surface area contributed by atoms with Crippen molar-refractivity contribution < 1.29 is 28.8 Å². The van der Waals surface area contributed by atoms with E-state index in [4.69, 9.17) is 9.47 Å². The third kappa shape index (κ3) is 7.36. The van der Waals surface area contributed by atoms with Gasteiger partial charge >= 0.3 is 0 Å². The lowest BCUT2D eigenvalue weighted by Gasteiger charge is -2.24. The predicted molar refractivity (Wildman–Crippen MR) is 173 cm³/mol. The number of amides is 3. The van der Waals surface area contributed by atoms with E-state index in [2.05, 4.69) is 15.7 Å². The maximum absolute atomic E-state index is 13.4. The molecule has 0 atom stereocenters. The van der Waals surface area contributed by atoms with Crippen LogP contribution in [-0.2, 0) is 0 Å². The first-order valence-corrected chi connectivity index (χ1v) is 14.5. The number of hydrazone groups is 1. The lowest BCUT2D eigenvalue weighted by Crippen LogP contribution is -2.32. The van der Waals surface area contributed by atoms with Gasteiger partial charge in [-0.2, -0.15) is 5.10 Å². The molecular weight excluding hydrogens is 590 g/mol. The second-order valence-corrected chi connectivity index (χ2v) is 10.3. The third-order valence-corrected chi connectivity index (χ3v) is 7.15. The van der Waals surface area contributed by atoms with Gasteiger partial charge in [0.15, 0.2) is 11.5 Å². The van der Waals surface area contributed by atoms with Gasteiger partial charge in [0.25, 0.3) is 23.4 Å². The Balaban J connectivity index is 1.24. The molecule has 1 heterocycles. The van der Waals surface area contributed by atoms with Gasteiger partial charge in [0.2, 0.25) is 0 Å². The van der Waals surface area contributed by atoms with Crippen LogP contribution >= 0.6 is 0 Å². The number of hydrogen-bond donors (Lipinski definition) is 2. The van der Waals surface area contributed by atoms with E-state index in [-0.39, 0.29) is 17.2 Å². The van der Waals surface area contributed by atoms with Crippen molar-refractivity contribution in [1.82, 2.24) is 5.01 Å². The molecule has 12 nitrogen and oxygen atoms in total. The minimum absolute atomic E-state index is 0.133. The summed E-state index contributed by atoms with van der Waals surface area (Å²) in [7, 11) is 1.58. The topological polar surface area (TPSA) is 152 Å². The minimum atomic E-state index is -0.574. The molecule has 3 amide bonds. The van der Waals surface area contributed by atoms with E-state index in [1.807, 2.05) is 25.1 Å². The molecule has 0 unspecified atom stereocenters. The van der Waals surface area contributed by atoms with Gasteiger partial charge in [-0.05, 0) is 86.5 Å². The highest BCUT2D eigenvalue weighted by atomic mass is 16.6. The summed E-state index contributed by atoms with van der Waals surface area (Å²) in [6.07, 6.45) is 1.44. The highest BCUT2D eigenvalue weighted by molar-refractivity contribution is 6.07.